The summed E-state index contributed by atoms with van der Waals surface area (Å²) in [6, 6.07) is 0.676. The number of amides is 3. The molecule has 1 aromatic carbocycles. The summed E-state index contributed by atoms with van der Waals surface area (Å²) in [6.45, 7) is 0. The summed E-state index contributed by atoms with van der Waals surface area (Å²) in [5.74, 6) is -5.04. The number of H-pyrrole nitrogens is 1. The minimum Gasteiger partial charge on any atom is -0.508 e. The van der Waals surface area contributed by atoms with Crippen molar-refractivity contribution in [2.75, 3.05) is 5.75 Å². The van der Waals surface area contributed by atoms with Gasteiger partial charge in [-0.05, 0) is 24.1 Å². The zero-order chi connectivity index (χ0) is 28.2. The van der Waals surface area contributed by atoms with Crippen LogP contribution < -0.4 is 21.7 Å². The van der Waals surface area contributed by atoms with Crippen molar-refractivity contribution < 1.29 is 39.3 Å². The fraction of sp³-hybridized carbons (Fsp3) is 0.391. The summed E-state index contributed by atoms with van der Waals surface area (Å²) < 4.78 is 0. The maximum Gasteiger partial charge on any atom is 0.326 e. The molecule has 4 unspecified atom stereocenters. The van der Waals surface area contributed by atoms with Crippen LogP contribution in [0.5, 0.6) is 5.75 Å². The minimum absolute atomic E-state index is 0.0266. The van der Waals surface area contributed by atoms with Gasteiger partial charge in [0, 0.05) is 36.9 Å². The maximum absolute atomic E-state index is 13.2. The van der Waals surface area contributed by atoms with Crippen molar-refractivity contribution in [1.82, 2.24) is 25.9 Å². The first-order valence-corrected chi connectivity index (χ1v) is 12.1. The number of carboxylic acids is 2. The number of nitrogens with two attached hydrogens (primary N) is 1. The Balaban J connectivity index is 2.26. The Labute approximate surface area is 222 Å². The number of aromatic amines is 1. The fourth-order valence-electron chi connectivity index (χ4n) is 3.34. The predicted molar refractivity (Wildman–Crippen MR) is 136 cm³/mol. The van der Waals surface area contributed by atoms with Gasteiger partial charge < -0.3 is 42.0 Å². The van der Waals surface area contributed by atoms with Crippen LogP contribution in [0.1, 0.15) is 24.1 Å². The van der Waals surface area contributed by atoms with Crippen LogP contribution in [0.3, 0.4) is 0 Å². The lowest BCUT2D eigenvalue weighted by atomic mass is 10.0. The summed E-state index contributed by atoms with van der Waals surface area (Å²) in [5, 5.41) is 35.4. The third-order valence-electron chi connectivity index (χ3n) is 5.42. The Hall–Kier alpha value is -4.11. The Morgan fingerprint density at radius 2 is 1.53 bits per heavy atom. The number of hydrogen-bond donors (Lipinski definition) is 9. The van der Waals surface area contributed by atoms with E-state index in [9.17, 15) is 34.2 Å². The molecule has 14 nitrogen and oxygen atoms in total. The molecule has 0 spiro atoms. The van der Waals surface area contributed by atoms with Crippen molar-refractivity contribution in [2.45, 2.75) is 49.9 Å². The second-order valence-corrected chi connectivity index (χ2v) is 8.76. The number of carbonyl (C=O) groups excluding carboxylic acids is 3. The zero-order valence-corrected chi connectivity index (χ0v) is 21.1. The first kappa shape index (κ1) is 30.1. The smallest absolute Gasteiger partial charge is 0.326 e. The molecule has 15 heteroatoms. The number of phenolic OH excluding ortho intramolecular Hbond substituents is 1. The first-order valence-electron chi connectivity index (χ1n) is 11.5. The second kappa shape index (κ2) is 14.6. The van der Waals surface area contributed by atoms with E-state index < -0.39 is 60.2 Å². The molecule has 2 aromatic rings. The van der Waals surface area contributed by atoms with E-state index in [0.717, 1.165) is 0 Å². The number of nitrogens with one attached hydrogen (secondary N) is 4. The topological polar surface area (TPSA) is 237 Å². The van der Waals surface area contributed by atoms with Crippen LogP contribution in [0.4, 0.5) is 0 Å². The Morgan fingerprint density at radius 1 is 0.921 bits per heavy atom. The molecule has 1 heterocycles. The third kappa shape index (κ3) is 9.74. The number of carbonyl (C=O) groups is 5. The Kier molecular flexibility index (Phi) is 11.6. The molecule has 0 aliphatic heterocycles. The normalized spacial score (nSPS) is 13.9. The standard InChI is InChI=1S/C23H30N6O8S/c24-15(10-38)20(33)27-16(5-6-19(31)32)21(34)28-17(7-12-1-3-14(30)4-2-12)22(35)29-18(23(36)37)8-13-9-25-11-26-13/h1-4,9,11,15-18,30,38H,5-8,10,24H2,(H,25,26)(H,27,33)(H,28,34)(H,29,35)(H,31,32)(H,36,37). The molecule has 4 atom stereocenters. The van der Waals surface area contributed by atoms with E-state index in [2.05, 4.69) is 38.5 Å². The van der Waals surface area contributed by atoms with Gasteiger partial charge in [-0.25, -0.2) is 9.78 Å². The third-order valence-corrected chi connectivity index (χ3v) is 5.81. The summed E-state index contributed by atoms with van der Waals surface area (Å²) in [4.78, 5) is 68.0. The van der Waals surface area contributed by atoms with Gasteiger partial charge in [0.2, 0.25) is 17.7 Å². The van der Waals surface area contributed by atoms with Crippen LogP contribution in [-0.2, 0) is 36.8 Å². The van der Waals surface area contributed by atoms with Gasteiger partial charge in [-0.2, -0.15) is 12.6 Å². The number of thiol groups is 1. The van der Waals surface area contributed by atoms with Crippen molar-refractivity contribution in [1.29, 1.82) is 0 Å². The van der Waals surface area contributed by atoms with Crippen LogP contribution in [-0.4, -0.2) is 84.9 Å². The predicted octanol–water partition coefficient (Wildman–Crippen LogP) is -1.44. The largest absolute Gasteiger partial charge is 0.508 e. The molecular weight excluding hydrogens is 520 g/mol. The van der Waals surface area contributed by atoms with Crippen LogP contribution in [0.25, 0.3) is 0 Å². The minimum atomic E-state index is -1.36. The van der Waals surface area contributed by atoms with E-state index in [-0.39, 0.29) is 30.8 Å². The molecule has 206 valence electrons. The van der Waals surface area contributed by atoms with Gasteiger partial charge in [0.05, 0.1) is 12.4 Å². The highest BCUT2D eigenvalue weighted by Crippen LogP contribution is 2.12. The number of aliphatic carboxylic acids is 2. The molecule has 0 saturated carbocycles. The van der Waals surface area contributed by atoms with Crippen molar-refractivity contribution >= 4 is 42.3 Å². The number of imidazole rings is 1. The van der Waals surface area contributed by atoms with E-state index in [1.807, 2.05) is 0 Å². The molecule has 0 fully saturated rings. The molecule has 0 aliphatic carbocycles. The number of carboxylic acid groups (broad SMARTS) is 2. The summed E-state index contributed by atoms with van der Waals surface area (Å²) in [6.07, 6.45) is 1.79. The fourth-order valence-corrected chi connectivity index (χ4v) is 3.50. The molecule has 3 amide bonds. The van der Waals surface area contributed by atoms with Gasteiger partial charge in [0.1, 0.15) is 23.9 Å². The number of hydrogen-bond acceptors (Lipinski definition) is 9. The lowest BCUT2D eigenvalue weighted by molar-refractivity contribution is -0.142. The van der Waals surface area contributed by atoms with Crippen LogP contribution in [0, 0.1) is 0 Å². The average Bonchev–Trinajstić information content (AvgIpc) is 3.39. The molecule has 1 aromatic heterocycles. The Bertz CT molecular complexity index is 1110. The van der Waals surface area contributed by atoms with Gasteiger partial charge in [0.25, 0.3) is 0 Å². The molecule has 2 rings (SSSR count). The molecule has 0 saturated heterocycles. The maximum atomic E-state index is 13.2. The lowest BCUT2D eigenvalue weighted by Gasteiger charge is -2.25. The van der Waals surface area contributed by atoms with E-state index in [4.69, 9.17) is 10.8 Å². The average molecular weight is 551 g/mol. The Morgan fingerprint density at radius 3 is 2.08 bits per heavy atom. The zero-order valence-electron chi connectivity index (χ0n) is 20.2. The number of aromatic nitrogens is 2. The number of nitrogens with zero attached hydrogens (tertiary/aromatic N) is 1. The highest BCUT2D eigenvalue weighted by atomic mass is 32.1. The SMILES string of the molecule is NC(CS)C(=O)NC(CCC(=O)O)C(=O)NC(Cc1ccc(O)cc1)C(=O)NC(Cc1cnc[nH]1)C(=O)O. The van der Waals surface area contributed by atoms with Crippen LogP contribution >= 0.6 is 12.6 Å². The first-order chi connectivity index (χ1) is 18.0. The van der Waals surface area contributed by atoms with Gasteiger partial charge in [-0.1, -0.05) is 12.1 Å². The van der Waals surface area contributed by atoms with Crippen molar-refractivity contribution in [3.63, 3.8) is 0 Å². The quantitative estimate of drug-likeness (QED) is 0.117. The molecule has 0 radical (unpaired) electrons. The van der Waals surface area contributed by atoms with E-state index >= 15 is 0 Å². The lowest BCUT2D eigenvalue weighted by Crippen LogP contribution is -2.58. The molecule has 9 N–H and O–H groups in total. The van der Waals surface area contributed by atoms with Gasteiger partial charge in [-0.3, -0.25) is 19.2 Å². The van der Waals surface area contributed by atoms with Crippen molar-refractivity contribution in [3.05, 3.63) is 48.0 Å². The van der Waals surface area contributed by atoms with Gasteiger partial charge >= 0.3 is 11.9 Å². The van der Waals surface area contributed by atoms with Crippen LogP contribution in [0.2, 0.25) is 0 Å². The molecule has 0 aliphatic rings. The molecule has 38 heavy (non-hydrogen) atoms. The summed E-state index contributed by atoms with van der Waals surface area (Å²) >= 11 is 3.93. The summed E-state index contributed by atoms with van der Waals surface area (Å²) in [7, 11) is 0. The molecule has 0 bridgehead atoms. The number of aromatic hydroxyl groups is 1. The van der Waals surface area contributed by atoms with Crippen molar-refractivity contribution in [2.24, 2.45) is 5.73 Å². The number of benzene rings is 1. The monoisotopic (exact) mass is 550 g/mol. The van der Waals surface area contributed by atoms with Gasteiger partial charge in [-0.15, -0.1) is 0 Å². The van der Waals surface area contributed by atoms with Crippen molar-refractivity contribution in [3.8, 4) is 5.75 Å². The molecular formula is C23H30N6O8S. The number of phenols is 1. The van der Waals surface area contributed by atoms with Crippen LogP contribution in [0.15, 0.2) is 36.8 Å². The highest BCUT2D eigenvalue weighted by molar-refractivity contribution is 7.80. The highest BCUT2D eigenvalue weighted by Gasteiger charge is 2.31. The summed E-state index contributed by atoms with van der Waals surface area (Å²) in [5.41, 5.74) is 6.61. The van der Waals surface area contributed by atoms with E-state index in [1.165, 1.54) is 36.8 Å². The van der Waals surface area contributed by atoms with E-state index in [0.29, 0.717) is 11.3 Å². The van der Waals surface area contributed by atoms with Gasteiger partial charge in [0.15, 0.2) is 0 Å². The number of rotatable bonds is 15. The second-order valence-electron chi connectivity index (χ2n) is 8.39. The van der Waals surface area contributed by atoms with E-state index in [1.54, 1.807) is 0 Å².